The summed E-state index contributed by atoms with van der Waals surface area (Å²) in [5.74, 6) is 0.119. The first-order valence-corrected chi connectivity index (χ1v) is 7.48. The van der Waals surface area contributed by atoms with E-state index in [-0.39, 0.29) is 5.75 Å². The topological polar surface area (TPSA) is 24.5 Å². The average molecular weight is 328 g/mol. The molecule has 1 aromatic heterocycles. The summed E-state index contributed by atoms with van der Waals surface area (Å²) >= 11 is 6.94. The number of anilines is 1. The van der Waals surface area contributed by atoms with Crippen LogP contribution in [0.1, 0.15) is 5.56 Å². The van der Waals surface area contributed by atoms with Gasteiger partial charge in [0.2, 0.25) is 0 Å². The molecule has 1 heterocycles. The second kappa shape index (κ2) is 7.33. The number of benzene rings is 1. The molecule has 21 heavy (non-hydrogen) atoms. The second-order valence-electron chi connectivity index (χ2n) is 4.32. The van der Waals surface area contributed by atoms with Crippen molar-refractivity contribution in [1.29, 1.82) is 0 Å². The summed E-state index contributed by atoms with van der Waals surface area (Å²) in [5.41, 5.74) is 1.91. The predicted molar refractivity (Wildman–Crippen MR) is 85.1 cm³/mol. The van der Waals surface area contributed by atoms with Crippen molar-refractivity contribution >= 4 is 34.4 Å². The highest BCUT2D eigenvalue weighted by Crippen LogP contribution is 2.18. The van der Waals surface area contributed by atoms with Crippen molar-refractivity contribution in [1.82, 2.24) is 4.90 Å². The van der Waals surface area contributed by atoms with Crippen molar-refractivity contribution in [2.24, 2.45) is 0 Å². The molecule has 1 aromatic carbocycles. The summed E-state index contributed by atoms with van der Waals surface area (Å²) in [5, 5.41) is 7.69. The lowest BCUT2D eigenvalue weighted by Crippen LogP contribution is -2.30. The van der Waals surface area contributed by atoms with Crippen LogP contribution in [0.15, 0.2) is 41.1 Å². The van der Waals surface area contributed by atoms with E-state index in [1.54, 1.807) is 23.5 Å². The van der Waals surface area contributed by atoms with Crippen LogP contribution in [0.5, 0.6) is 5.75 Å². The summed E-state index contributed by atoms with van der Waals surface area (Å²) in [6, 6.07) is 8.26. The Morgan fingerprint density at radius 1 is 1.33 bits per heavy atom. The Kier molecular flexibility index (Phi) is 5.46. The quantitative estimate of drug-likeness (QED) is 0.832. The van der Waals surface area contributed by atoms with E-state index in [0.717, 1.165) is 5.69 Å². The fraction of sp³-hybridized carbons (Fsp3) is 0.214. The molecule has 0 aliphatic carbocycles. The lowest BCUT2D eigenvalue weighted by atomic mass is 10.3. The van der Waals surface area contributed by atoms with E-state index in [0.29, 0.717) is 11.7 Å². The van der Waals surface area contributed by atoms with E-state index in [1.165, 1.54) is 17.7 Å². The van der Waals surface area contributed by atoms with Crippen LogP contribution in [-0.4, -0.2) is 23.7 Å². The number of ether oxygens (including phenoxy) is 1. The molecule has 0 saturated carbocycles. The molecule has 0 aliphatic heterocycles. The summed E-state index contributed by atoms with van der Waals surface area (Å²) in [4.78, 5) is 1.90. The maximum atomic E-state index is 12.1. The maximum absolute atomic E-state index is 12.1. The number of alkyl halides is 2. The summed E-state index contributed by atoms with van der Waals surface area (Å²) in [6.45, 7) is -2.11. The van der Waals surface area contributed by atoms with Crippen LogP contribution in [-0.2, 0) is 6.54 Å². The van der Waals surface area contributed by atoms with Crippen molar-refractivity contribution in [2.45, 2.75) is 13.2 Å². The number of thiophene rings is 1. The van der Waals surface area contributed by atoms with Crippen LogP contribution in [0, 0.1) is 0 Å². The number of hydrogen-bond donors (Lipinski definition) is 1. The smallest absolute Gasteiger partial charge is 0.387 e. The number of nitrogens with zero attached hydrogens (tertiary/aromatic N) is 1. The third-order valence-electron chi connectivity index (χ3n) is 2.68. The van der Waals surface area contributed by atoms with Crippen molar-refractivity contribution in [3.63, 3.8) is 0 Å². The minimum Gasteiger partial charge on any atom is -0.435 e. The zero-order valence-electron chi connectivity index (χ0n) is 11.3. The lowest BCUT2D eigenvalue weighted by molar-refractivity contribution is -0.0498. The summed E-state index contributed by atoms with van der Waals surface area (Å²) < 4.78 is 28.4. The molecular formula is C14H14F2N2OS2. The molecule has 0 spiro atoms. The molecule has 0 amide bonds. The van der Waals surface area contributed by atoms with Gasteiger partial charge in [-0.3, -0.25) is 0 Å². The third kappa shape index (κ3) is 4.95. The van der Waals surface area contributed by atoms with Crippen LogP contribution >= 0.6 is 23.6 Å². The van der Waals surface area contributed by atoms with E-state index in [4.69, 9.17) is 12.2 Å². The maximum Gasteiger partial charge on any atom is 0.387 e. The Morgan fingerprint density at radius 3 is 2.62 bits per heavy atom. The van der Waals surface area contributed by atoms with Gasteiger partial charge in [-0.1, -0.05) is 0 Å². The Bertz CT molecular complexity index is 573. The Labute approximate surface area is 131 Å². The molecule has 0 bridgehead atoms. The lowest BCUT2D eigenvalue weighted by Gasteiger charge is -2.20. The van der Waals surface area contributed by atoms with Crippen LogP contribution in [0.4, 0.5) is 14.5 Å². The standard InChI is InChI=1S/C14H14F2N2OS2/c1-18(8-10-6-7-21-9-10)14(20)17-11-2-4-12(5-3-11)19-13(15)16/h2-7,9,13H,8H2,1H3,(H,17,20). The zero-order chi connectivity index (χ0) is 15.2. The fourth-order valence-electron chi connectivity index (χ4n) is 1.67. The van der Waals surface area contributed by atoms with Gasteiger partial charge in [0.1, 0.15) is 5.75 Å². The van der Waals surface area contributed by atoms with E-state index in [2.05, 4.69) is 15.4 Å². The first kappa shape index (κ1) is 15.7. The van der Waals surface area contributed by atoms with Gasteiger partial charge in [0.15, 0.2) is 5.11 Å². The van der Waals surface area contributed by atoms with Gasteiger partial charge in [0, 0.05) is 19.3 Å². The number of thiocarbonyl (C=S) groups is 1. The highest BCUT2D eigenvalue weighted by atomic mass is 32.1. The Balaban J connectivity index is 1.89. The molecule has 7 heteroatoms. The molecule has 0 atom stereocenters. The average Bonchev–Trinajstić information content (AvgIpc) is 2.93. The highest BCUT2D eigenvalue weighted by molar-refractivity contribution is 7.80. The van der Waals surface area contributed by atoms with Crippen molar-refractivity contribution in [2.75, 3.05) is 12.4 Å². The second-order valence-corrected chi connectivity index (χ2v) is 5.49. The molecule has 2 rings (SSSR count). The minimum atomic E-state index is -2.82. The number of rotatable bonds is 5. The molecule has 1 N–H and O–H groups in total. The molecule has 3 nitrogen and oxygen atoms in total. The first-order valence-electron chi connectivity index (χ1n) is 6.12. The molecule has 0 radical (unpaired) electrons. The van der Waals surface area contributed by atoms with Crippen LogP contribution < -0.4 is 10.1 Å². The molecule has 0 unspecified atom stereocenters. The first-order chi connectivity index (χ1) is 10.0. The highest BCUT2D eigenvalue weighted by Gasteiger charge is 2.07. The van der Waals surface area contributed by atoms with Gasteiger partial charge in [-0.15, -0.1) is 0 Å². The van der Waals surface area contributed by atoms with Gasteiger partial charge >= 0.3 is 6.61 Å². The summed E-state index contributed by atoms with van der Waals surface area (Å²) in [7, 11) is 1.89. The molecule has 2 aromatic rings. The van der Waals surface area contributed by atoms with E-state index in [1.807, 2.05) is 23.4 Å². The van der Waals surface area contributed by atoms with Crippen LogP contribution in [0.3, 0.4) is 0 Å². The van der Waals surface area contributed by atoms with Crippen molar-refractivity contribution in [3.05, 3.63) is 46.7 Å². The van der Waals surface area contributed by atoms with Crippen molar-refractivity contribution < 1.29 is 13.5 Å². The largest absolute Gasteiger partial charge is 0.435 e. The monoisotopic (exact) mass is 328 g/mol. The summed E-state index contributed by atoms with van der Waals surface area (Å²) in [6.07, 6.45) is 0. The zero-order valence-corrected chi connectivity index (χ0v) is 12.9. The molecule has 0 fully saturated rings. The normalized spacial score (nSPS) is 10.5. The van der Waals surface area contributed by atoms with E-state index < -0.39 is 6.61 Å². The number of nitrogens with one attached hydrogen (secondary N) is 1. The van der Waals surface area contributed by atoms with E-state index >= 15 is 0 Å². The molecule has 0 saturated heterocycles. The number of hydrogen-bond acceptors (Lipinski definition) is 3. The molecule has 0 aliphatic rings. The van der Waals surface area contributed by atoms with Gasteiger partial charge in [-0.2, -0.15) is 20.1 Å². The SMILES string of the molecule is CN(Cc1ccsc1)C(=S)Nc1ccc(OC(F)F)cc1. The van der Waals surface area contributed by atoms with Gasteiger partial charge in [0.25, 0.3) is 0 Å². The van der Waals surface area contributed by atoms with Crippen LogP contribution in [0.2, 0.25) is 0 Å². The Hall–Kier alpha value is -1.73. The Morgan fingerprint density at radius 2 is 2.05 bits per heavy atom. The van der Waals surface area contributed by atoms with Gasteiger partial charge in [-0.05, 0) is 58.9 Å². The molecule has 112 valence electrons. The number of halogens is 2. The molecular weight excluding hydrogens is 314 g/mol. The minimum absolute atomic E-state index is 0.119. The van der Waals surface area contributed by atoms with Gasteiger partial charge in [0.05, 0.1) is 0 Å². The van der Waals surface area contributed by atoms with Gasteiger partial charge < -0.3 is 15.0 Å². The predicted octanol–water partition coefficient (Wildman–Crippen LogP) is 4.18. The van der Waals surface area contributed by atoms with E-state index in [9.17, 15) is 8.78 Å². The van der Waals surface area contributed by atoms with Crippen molar-refractivity contribution in [3.8, 4) is 5.75 Å². The third-order valence-corrected chi connectivity index (χ3v) is 3.82. The van der Waals surface area contributed by atoms with Gasteiger partial charge in [-0.25, -0.2) is 0 Å². The fourth-order valence-corrected chi connectivity index (χ4v) is 2.51. The van der Waals surface area contributed by atoms with Crippen LogP contribution in [0.25, 0.3) is 0 Å².